The maximum absolute atomic E-state index is 12.3. The lowest BCUT2D eigenvalue weighted by Gasteiger charge is -2.15. The fourth-order valence-corrected chi connectivity index (χ4v) is 2.17. The number of nitrogens with one attached hydrogen (secondary N) is 1. The van der Waals surface area contributed by atoms with Crippen molar-refractivity contribution >= 4 is 5.91 Å². The lowest BCUT2D eigenvalue weighted by atomic mass is 10.1. The largest absolute Gasteiger partial charge is 0.457 e. The Morgan fingerprint density at radius 1 is 1.10 bits per heavy atom. The van der Waals surface area contributed by atoms with Gasteiger partial charge in [-0.25, -0.2) is 0 Å². The first kappa shape index (κ1) is 15.1. The van der Waals surface area contributed by atoms with Gasteiger partial charge in [0.25, 0.3) is 5.91 Å². The number of benzene rings is 2. The number of para-hydroxylation sites is 2. The van der Waals surface area contributed by atoms with Gasteiger partial charge in [-0.3, -0.25) is 4.79 Å². The number of carbonyl (C=O) groups excluding carboxylic acids is 1. The van der Waals surface area contributed by atoms with Crippen LogP contribution >= 0.6 is 0 Å². The molecule has 0 spiro atoms. The zero-order valence-corrected chi connectivity index (χ0v) is 12.5. The summed E-state index contributed by atoms with van der Waals surface area (Å²) in [5.41, 5.74) is 0.560. The summed E-state index contributed by atoms with van der Waals surface area (Å²) in [7, 11) is 0. The normalized spacial score (nSPS) is 11.7. The summed E-state index contributed by atoms with van der Waals surface area (Å²) in [5, 5.41) is 3.00. The summed E-state index contributed by atoms with van der Waals surface area (Å²) in [5.74, 6) is 1.20. The average Bonchev–Trinajstić information content (AvgIpc) is 2.49. The van der Waals surface area contributed by atoms with Crippen molar-refractivity contribution in [2.75, 3.05) is 0 Å². The van der Waals surface area contributed by atoms with Crippen molar-refractivity contribution in [2.24, 2.45) is 0 Å². The van der Waals surface area contributed by atoms with Crippen molar-refractivity contribution in [3.63, 3.8) is 0 Å². The fraction of sp³-hybridized carbons (Fsp3) is 0.278. The zero-order valence-electron chi connectivity index (χ0n) is 12.5. The predicted octanol–water partition coefficient (Wildman–Crippen LogP) is 4.40. The molecule has 0 radical (unpaired) electrons. The van der Waals surface area contributed by atoms with E-state index in [0.717, 1.165) is 18.6 Å². The minimum atomic E-state index is -0.0949. The Bertz CT molecular complexity index is 581. The first-order valence-electron chi connectivity index (χ1n) is 7.33. The van der Waals surface area contributed by atoms with Crippen molar-refractivity contribution in [3.05, 3.63) is 60.2 Å². The van der Waals surface area contributed by atoms with Crippen LogP contribution in [-0.4, -0.2) is 11.9 Å². The number of amides is 1. The van der Waals surface area contributed by atoms with Crippen LogP contribution in [0.15, 0.2) is 54.6 Å². The highest BCUT2D eigenvalue weighted by atomic mass is 16.5. The van der Waals surface area contributed by atoms with Crippen molar-refractivity contribution in [1.29, 1.82) is 0 Å². The predicted molar refractivity (Wildman–Crippen MR) is 84.8 cm³/mol. The molecule has 0 aromatic heterocycles. The van der Waals surface area contributed by atoms with Crippen LogP contribution in [-0.2, 0) is 0 Å². The smallest absolute Gasteiger partial charge is 0.255 e. The number of ether oxygens (including phenoxy) is 1. The summed E-state index contributed by atoms with van der Waals surface area (Å²) in [4.78, 5) is 12.3. The van der Waals surface area contributed by atoms with Gasteiger partial charge in [0.2, 0.25) is 0 Å². The lowest BCUT2D eigenvalue weighted by molar-refractivity contribution is 0.0936. The molecule has 3 nitrogen and oxygen atoms in total. The van der Waals surface area contributed by atoms with Gasteiger partial charge in [-0.1, -0.05) is 43.7 Å². The van der Waals surface area contributed by atoms with Gasteiger partial charge in [0.15, 0.2) is 0 Å². The van der Waals surface area contributed by atoms with Gasteiger partial charge in [-0.2, -0.15) is 0 Å². The highest BCUT2D eigenvalue weighted by Gasteiger charge is 2.14. The van der Waals surface area contributed by atoms with Gasteiger partial charge in [0, 0.05) is 6.04 Å². The number of rotatable bonds is 6. The van der Waals surface area contributed by atoms with Crippen LogP contribution < -0.4 is 10.1 Å². The Hall–Kier alpha value is -2.29. The molecule has 2 aromatic carbocycles. The molecule has 2 rings (SSSR count). The molecule has 110 valence electrons. The summed E-state index contributed by atoms with van der Waals surface area (Å²) in [6.07, 6.45) is 2.01. The number of carbonyl (C=O) groups is 1. The van der Waals surface area contributed by atoms with Crippen LogP contribution in [0.2, 0.25) is 0 Å². The van der Waals surface area contributed by atoms with Gasteiger partial charge < -0.3 is 10.1 Å². The minimum absolute atomic E-state index is 0.0949. The standard InChI is InChI=1S/C18H21NO2/c1-3-9-14(2)19-18(20)16-12-7-8-13-17(16)21-15-10-5-4-6-11-15/h4-8,10-14H,3,9H2,1-2H3,(H,19,20)/t14-/m1/s1. The topological polar surface area (TPSA) is 38.3 Å². The Kier molecular flexibility index (Phi) is 5.38. The van der Waals surface area contributed by atoms with E-state index in [1.54, 1.807) is 6.07 Å². The molecule has 2 aromatic rings. The molecule has 0 fully saturated rings. The maximum atomic E-state index is 12.3. The molecule has 0 bridgehead atoms. The van der Waals surface area contributed by atoms with E-state index in [0.29, 0.717) is 11.3 Å². The molecule has 0 unspecified atom stereocenters. The second-order valence-electron chi connectivity index (χ2n) is 5.07. The summed E-state index contributed by atoms with van der Waals surface area (Å²) in [6.45, 7) is 4.12. The Morgan fingerprint density at radius 3 is 2.48 bits per heavy atom. The van der Waals surface area contributed by atoms with E-state index in [2.05, 4.69) is 12.2 Å². The minimum Gasteiger partial charge on any atom is -0.457 e. The third kappa shape index (κ3) is 4.35. The molecule has 3 heteroatoms. The van der Waals surface area contributed by atoms with Crippen LogP contribution in [0.5, 0.6) is 11.5 Å². The van der Waals surface area contributed by atoms with E-state index in [-0.39, 0.29) is 11.9 Å². The first-order chi connectivity index (χ1) is 10.2. The Labute approximate surface area is 126 Å². The monoisotopic (exact) mass is 283 g/mol. The van der Waals surface area contributed by atoms with Gasteiger partial charge in [-0.15, -0.1) is 0 Å². The van der Waals surface area contributed by atoms with Crippen molar-refractivity contribution in [2.45, 2.75) is 32.7 Å². The molecule has 21 heavy (non-hydrogen) atoms. The van der Waals surface area contributed by atoms with Crippen LogP contribution in [0.4, 0.5) is 0 Å². The van der Waals surface area contributed by atoms with Crippen molar-refractivity contribution in [3.8, 4) is 11.5 Å². The van der Waals surface area contributed by atoms with Crippen LogP contribution in [0.25, 0.3) is 0 Å². The quantitative estimate of drug-likeness (QED) is 0.853. The highest BCUT2D eigenvalue weighted by molar-refractivity contribution is 5.97. The highest BCUT2D eigenvalue weighted by Crippen LogP contribution is 2.25. The van der Waals surface area contributed by atoms with Crippen LogP contribution in [0.1, 0.15) is 37.0 Å². The van der Waals surface area contributed by atoms with Crippen LogP contribution in [0.3, 0.4) is 0 Å². The van der Waals surface area contributed by atoms with E-state index < -0.39 is 0 Å². The molecule has 0 saturated carbocycles. The van der Waals surface area contributed by atoms with Gasteiger partial charge in [-0.05, 0) is 37.6 Å². The van der Waals surface area contributed by atoms with Gasteiger partial charge >= 0.3 is 0 Å². The Balaban J connectivity index is 2.15. The second kappa shape index (κ2) is 7.48. The van der Waals surface area contributed by atoms with Gasteiger partial charge in [0.1, 0.15) is 11.5 Å². The molecule has 0 saturated heterocycles. The molecule has 0 heterocycles. The maximum Gasteiger partial charge on any atom is 0.255 e. The molecule has 1 amide bonds. The first-order valence-corrected chi connectivity index (χ1v) is 7.33. The lowest BCUT2D eigenvalue weighted by Crippen LogP contribution is -2.32. The molecule has 1 N–H and O–H groups in total. The average molecular weight is 283 g/mol. The molecular weight excluding hydrogens is 262 g/mol. The van der Waals surface area contributed by atoms with E-state index in [1.165, 1.54) is 0 Å². The van der Waals surface area contributed by atoms with Crippen LogP contribution in [0, 0.1) is 0 Å². The van der Waals surface area contributed by atoms with Crippen molar-refractivity contribution < 1.29 is 9.53 Å². The van der Waals surface area contributed by atoms with Crippen molar-refractivity contribution in [1.82, 2.24) is 5.32 Å². The van der Waals surface area contributed by atoms with E-state index in [9.17, 15) is 4.79 Å². The SMILES string of the molecule is CCC[C@@H](C)NC(=O)c1ccccc1Oc1ccccc1. The molecule has 0 aliphatic heterocycles. The number of hydrogen-bond donors (Lipinski definition) is 1. The summed E-state index contributed by atoms with van der Waals surface area (Å²) in [6, 6.07) is 16.9. The molecule has 1 atom stereocenters. The van der Waals surface area contributed by atoms with E-state index >= 15 is 0 Å². The number of hydrogen-bond acceptors (Lipinski definition) is 2. The molecule has 0 aliphatic rings. The Morgan fingerprint density at radius 2 is 1.76 bits per heavy atom. The zero-order chi connectivity index (χ0) is 15.1. The van der Waals surface area contributed by atoms with E-state index in [4.69, 9.17) is 4.74 Å². The van der Waals surface area contributed by atoms with E-state index in [1.807, 2.05) is 55.5 Å². The second-order valence-corrected chi connectivity index (χ2v) is 5.07. The molecular formula is C18H21NO2. The third-order valence-corrected chi connectivity index (χ3v) is 3.20. The summed E-state index contributed by atoms with van der Waals surface area (Å²) >= 11 is 0. The fourth-order valence-electron chi connectivity index (χ4n) is 2.17. The third-order valence-electron chi connectivity index (χ3n) is 3.20. The molecule has 0 aliphatic carbocycles. The summed E-state index contributed by atoms with van der Waals surface area (Å²) < 4.78 is 5.81. The van der Waals surface area contributed by atoms with Gasteiger partial charge in [0.05, 0.1) is 5.56 Å².